The summed E-state index contributed by atoms with van der Waals surface area (Å²) in [7, 11) is 0. The van der Waals surface area contributed by atoms with Crippen LogP contribution in [0.4, 0.5) is 0 Å². The highest BCUT2D eigenvalue weighted by molar-refractivity contribution is 5.03. The number of rotatable bonds is 8. The van der Waals surface area contributed by atoms with E-state index in [-0.39, 0.29) is 5.54 Å². The van der Waals surface area contributed by atoms with E-state index in [1.165, 1.54) is 19.6 Å². The molecule has 0 aromatic heterocycles. The van der Waals surface area contributed by atoms with Crippen LogP contribution >= 0.6 is 0 Å². The van der Waals surface area contributed by atoms with E-state index in [9.17, 15) is 5.26 Å². The van der Waals surface area contributed by atoms with Crippen LogP contribution in [-0.4, -0.2) is 60.6 Å². The van der Waals surface area contributed by atoms with Crippen molar-refractivity contribution in [1.29, 1.82) is 5.26 Å². The average Bonchev–Trinajstić information content (AvgIpc) is 2.45. The van der Waals surface area contributed by atoms with Gasteiger partial charge in [0.25, 0.3) is 0 Å². The van der Waals surface area contributed by atoms with Crippen molar-refractivity contribution in [3.8, 4) is 6.07 Å². The Hall–Kier alpha value is -0.630. The molecule has 1 saturated heterocycles. The lowest BCUT2D eigenvalue weighted by Gasteiger charge is -2.39. The molecule has 0 aromatic carbocycles. The number of nitrogens with one attached hydrogen (secondary N) is 1. The van der Waals surface area contributed by atoms with Crippen molar-refractivity contribution in [2.75, 3.05) is 39.3 Å². The second-order valence-corrected chi connectivity index (χ2v) is 6.25. The fourth-order valence-electron chi connectivity index (χ4n) is 2.98. The predicted molar refractivity (Wildman–Crippen MR) is 84.7 cm³/mol. The van der Waals surface area contributed by atoms with Gasteiger partial charge in [-0.1, -0.05) is 13.8 Å². The molecule has 0 aromatic rings. The van der Waals surface area contributed by atoms with Crippen molar-refractivity contribution in [3.05, 3.63) is 0 Å². The third-order valence-electron chi connectivity index (χ3n) is 4.42. The maximum atomic E-state index is 9.32. The molecule has 0 radical (unpaired) electrons. The third kappa shape index (κ3) is 5.40. The van der Waals surface area contributed by atoms with Gasteiger partial charge in [-0.25, -0.2) is 0 Å². The van der Waals surface area contributed by atoms with Gasteiger partial charge in [0, 0.05) is 25.7 Å². The first-order valence-electron chi connectivity index (χ1n) is 8.17. The van der Waals surface area contributed by atoms with Crippen LogP contribution in [0.25, 0.3) is 0 Å². The molecule has 4 heteroatoms. The number of piperazine rings is 1. The molecular weight excluding hydrogens is 248 g/mol. The van der Waals surface area contributed by atoms with Gasteiger partial charge in [0.2, 0.25) is 0 Å². The minimum absolute atomic E-state index is 0.354. The summed E-state index contributed by atoms with van der Waals surface area (Å²) in [6, 6.07) is 3.10. The zero-order valence-electron chi connectivity index (χ0n) is 13.8. The quantitative estimate of drug-likeness (QED) is 0.739. The molecule has 1 N–H and O–H groups in total. The maximum absolute atomic E-state index is 9.32. The Morgan fingerprint density at radius 1 is 1.35 bits per heavy atom. The lowest BCUT2D eigenvalue weighted by molar-refractivity contribution is 0.0859. The van der Waals surface area contributed by atoms with E-state index >= 15 is 0 Å². The first-order chi connectivity index (χ1) is 9.54. The van der Waals surface area contributed by atoms with Crippen molar-refractivity contribution < 1.29 is 0 Å². The molecule has 1 fully saturated rings. The summed E-state index contributed by atoms with van der Waals surface area (Å²) in [6.45, 7) is 15.4. The molecule has 0 bridgehead atoms. The molecule has 1 rings (SSSR count). The summed E-state index contributed by atoms with van der Waals surface area (Å²) in [5.74, 6) is 0. The Labute approximate surface area is 125 Å². The normalized spacial score (nSPS) is 24.2. The number of hydrogen-bond acceptors (Lipinski definition) is 4. The zero-order chi connectivity index (χ0) is 15.0. The maximum Gasteiger partial charge on any atom is 0.103 e. The number of hydrogen-bond donors (Lipinski definition) is 1. The molecule has 1 heterocycles. The van der Waals surface area contributed by atoms with Gasteiger partial charge in [-0.15, -0.1) is 0 Å². The van der Waals surface area contributed by atoms with Gasteiger partial charge in [0.1, 0.15) is 5.54 Å². The Morgan fingerprint density at radius 2 is 2.10 bits per heavy atom. The van der Waals surface area contributed by atoms with Gasteiger partial charge in [-0.05, 0) is 52.7 Å². The molecule has 20 heavy (non-hydrogen) atoms. The van der Waals surface area contributed by atoms with Crippen LogP contribution in [0.15, 0.2) is 0 Å². The molecule has 116 valence electrons. The first-order valence-corrected chi connectivity index (χ1v) is 8.17. The Balaban J connectivity index is 2.28. The fourth-order valence-corrected chi connectivity index (χ4v) is 2.98. The van der Waals surface area contributed by atoms with E-state index in [1.54, 1.807) is 0 Å². The van der Waals surface area contributed by atoms with E-state index in [1.807, 2.05) is 6.92 Å². The summed E-state index contributed by atoms with van der Waals surface area (Å²) in [5, 5.41) is 12.7. The third-order valence-corrected chi connectivity index (χ3v) is 4.42. The van der Waals surface area contributed by atoms with Gasteiger partial charge in [-0.3, -0.25) is 10.2 Å². The van der Waals surface area contributed by atoms with E-state index in [2.05, 4.69) is 42.0 Å². The second-order valence-electron chi connectivity index (χ2n) is 6.25. The summed E-state index contributed by atoms with van der Waals surface area (Å²) in [4.78, 5) is 5.09. The van der Waals surface area contributed by atoms with Crippen LogP contribution in [0.3, 0.4) is 0 Å². The highest BCUT2D eigenvalue weighted by Gasteiger charge is 2.25. The Kier molecular flexibility index (Phi) is 7.50. The molecule has 0 aliphatic carbocycles. The molecule has 4 nitrogen and oxygen atoms in total. The second kappa shape index (κ2) is 8.61. The van der Waals surface area contributed by atoms with E-state index in [4.69, 9.17) is 0 Å². The van der Waals surface area contributed by atoms with Crippen LogP contribution in [0.5, 0.6) is 0 Å². The Morgan fingerprint density at radius 3 is 2.65 bits per heavy atom. The molecule has 1 aliphatic rings. The van der Waals surface area contributed by atoms with E-state index in [0.29, 0.717) is 6.04 Å². The monoisotopic (exact) mass is 280 g/mol. The largest absolute Gasteiger partial charge is 0.301 e. The molecule has 0 saturated carbocycles. The molecule has 2 unspecified atom stereocenters. The highest BCUT2D eigenvalue weighted by atomic mass is 15.3. The fraction of sp³-hybridized carbons (Fsp3) is 0.938. The van der Waals surface area contributed by atoms with Crippen LogP contribution < -0.4 is 5.32 Å². The standard InChI is InChI=1S/C16H32N4/c1-5-9-18-16(4,14-17)8-7-10-19-11-12-20(6-2)15(3)13-19/h15,18H,5-13H2,1-4H3. The van der Waals surface area contributed by atoms with Crippen molar-refractivity contribution >= 4 is 0 Å². The minimum Gasteiger partial charge on any atom is -0.301 e. The summed E-state index contributed by atoms with van der Waals surface area (Å²) in [5.41, 5.74) is -0.354. The number of nitrogens with zero attached hydrogens (tertiary/aromatic N) is 3. The van der Waals surface area contributed by atoms with Gasteiger partial charge < -0.3 is 4.90 Å². The highest BCUT2D eigenvalue weighted by Crippen LogP contribution is 2.14. The van der Waals surface area contributed by atoms with Gasteiger partial charge in [0.15, 0.2) is 0 Å². The lowest BCUT2D eigenvalue weighted by Crippen LogP contribution is -2.52. The first kappa shape index (κ1) is 17.4. The molecular formula is C16H32N4. The van der Waals surface area contributed by atoms with Crippen molar-refractivity contribution in [1.82, 2.24) is 15.1 Å². The van der Waals surface area contributed by atoms with Gasteiger partial charge >= 0.3 is 0 Å². The molecule has 1 aliphatic heterocycles. The molecule has 0 spiro atoms. The zero-order valence-corrected chi connectivity index (χ0v) is 13.8. The predicted octanol–water partition coefficient (Wildman–Crippen LogP) is 2.07. The molecule has 0 amide bonds. The lowest BCUT2D eigenvalue weighted by atomic mass is 9.97. The SMILES string of the molecule is CCCNC(C)(C#N)CCCN1CCN(CC)C(C)C1. The van der Waals surface area contributed by atoms with Crippen LogP contribution in [0.1, 0.15) is 47.0 Å². The molecule has 2 atom stereocenters. The minimum atomic E-state index is -0.354. The topological polar surface area (TPSA) is 42.3 Å². The van der Waals surface area contributed by atoms with E-state index < -0.39 is 0 Å². The van der Waals surface area contributed by atoms with Crippen LogP contribution in [0, 0.1) is 11.3 Å². The van der Waals surface area contributed by atoms with Gasteiger partial charge in [0.05, 0.1) is 6.07 Å². The summed E-state index contributed by atoms with van der Waals surface area (Å²) < 4.78 is 0. The van der Waals surface area contributed by atoms with Gasteiger partial charge in [-0.2, -0.15) is 5.26 Å². The van der Waals surface area contributed by atoms with Crippen molar-refractivity contribution in [3.63, 3.8) is 0 Å². The number of nitriles is 1. The summed E-state index contributed by atoms with van der Waals surface area (Å²) in [6.07, 6.45) is 3.11. The Bertz CT molecular complexity index is 312. The van der Waals surface area contributed by atoms with Crippen LogP contribution in [-0.2, 0) is 0 Å². The summed E-state index contributed by atoms with van der Waals surface area (Å²) >= 11 is 0. The smallest absolute Gasteiger partial charge is 0.103 e. The van der Waals surface area contributed by atoms with E-state index in [0.717, 1.165) is 38.9 Å². The van der Waals surface area contributed by atoms with Crippen LogP contribution in [0.2, 0.25) is 0 Å². The number of likely N-dealkylation sites (N-methyl/N-ethyl adjacent to an activating group) is 1. The average molecular weight is 280 g/mol. The van der Waals surface area contributed by atoms with Crippen molar-refractivity contribution in [2.24, 2.45) is 0 Å². The van der Waals surface area contributed by atoms with Crippen molar-refractivity contribution in [2.45, 2.75) is 58.5 Å².